The van der Waals surface area contributed by atoms with Crippen LogP contribution in [0.1, 0.15) is 35.7 Å². The van der Waals surface area contributed by atoms with E-state index >= 15 is 0 Å². The van der Waals surface area contributed by atoms with Gasteiger partial charge in [0, 0.05) is 18.5 Å². The van der Waals surface area contributed by atoms with Crippen LogP contribution in [0.3, 0.4) is 0 Å². The summed E-state index contributed by atoms with van der Waals surface area (Å²) in [4.78, 5) is 16.3. The summed E-state index contributed by atoms with van der Waals surface area (Å²) in [6.07, 6.45) is 2.59. The Morgan fingerprint density at radius 1 is 1.11 bits per heavy atom. The van der Waals surface area contributed by atoms with Crippen LogP contribution in [0.4, 0.5) is 0 Å². The van der Waals surface area contributed by atoms with Crippen LogP contribution >= 0.6 is 11.8 Å². The molecule has 3 rings (SSSR count). The van der Waals surface area contributed by atoms with Gasteiger partial charge in [-0.1, -0.05) is 62.0 Å². The van der Waals surface area contributed by atoms with Crippen LogP contribution < -0.4 is 5.32 Å². The molecule has 0 bridgehead atoms. The third kappa shape index (κ3) is 5.66. The Hall–Kier alpha value is -2.67. The minimum Gasteiger partial charge on any atom is -0.343 e. The highest BCUT2D eigenvalue weighted by molar-refractivity contribution is 7.99. The van der Waals surface area contributed by atoms with Crippen molar-refractivity contribution in [3.63, 3.8) is 0 Å². The lowest BCUT2D eigenvalue weighted by Gasteiger charge is -2.13. The number of nitrogens with zero attached hydrogens (tertiary/aromatic N) is 4. The molecule has 2 aromatic heterocycles. The maximum atomic E-state index is 12.3. The fourth-order valence-corrected chi connectivity index (χ4v) is 3.71. The average molecular weight is 396 g/mol. The lowest BCUT2D eigenvalue weighted by molar-refractivity contribution is 0.0944. The number of hydrogen-bond donors (Lipinski definition) is 1. The quantitative estimate of drug-likeness (QED) is 0.561. The predicted octanol–water partition coefficient (Wildman–Crippen LogP) is 3.59. The number of benzene rings is 1. The first-order valence-corrected chi connectivity index (χ1v) is 10.4. The van der Waals surface area contributed by atoms with Crippen molar-refractivity contribution in [3.8, 4) is 0 Å². The molecule has 0 spiro atoms. The first-order chi connectivity index (χ1) is 13.6. The highest BCUT2D eigenvalue weighted by Crippen LogP contribution is 2.20. The van der Waals surface area contributed by atoms with Crippen LogP contribution in [0.15, 0.2) is 59.9 Å². The van der Waals surface area contributed by atoms with Crippen molar-refractivity contribution in [2.24, 2.45) is 5.92 Å². The topological polar surface area (TPSA) is 72.7 Å². The van der Waals surface area contributed by atoms with E-state index in [1.54, 1.807) is 36.2 Å². The molecule has 0 saturated carbocycles. The molecule has 3 aromatic rings. The van der Waals surface area contributed by atoms with Gasteiger partial charge in [-0.3, -0.25) is 9.78 Å². The zero-order valence-corrected chi connectivity index (χ0v) is 17.0. The van der Waals surface area contributed by atoms with E-state index in [9.17, 15) is 4.79 Å². The van der Waals surface area contributed by atoms with Gasteiger partial charge in [0.1, 0.15) is 5.69 Å². The first kappa shape index (κ1) is 20.1. The zero-order chi connectivity index (χ0) is 19.8. The van der Waals surface area contributed by atoms with Gasteiger partial charge in [0.15, 0.2) is 11.0 Å². The molecule has 7 heteroatoms. The second-order valence-electron chi connectivity index (χ2n) is 6.88. The van der Waals surface area contributed by atoms with Crippen molar-refractivity contribution in [2.75, 3.05) is 5.75 Å². The van der Waals surface area contributed by atoms with E-state index in [4.69, 9.17) is 0 Å². The molecule has 0 atom stereocenters. The number of carbonyl (C=O) groups excluding carboxylic acids is 1. The molecule has 0 aliphatic rings. The van der Waals surface area contributed by atoms with Crippen molar-refractivity contribution >= 4 is 17.7 Å². The number of amides is 1. The Kier molecular flexibility index (Phi) is 7.19. The standard InChI is InChI=1S/C21H25N5OS/c1-16(2)15-26-19(14-23-20(27)18-10-6-7-12-22-18)24-25-21(26)28-13-11-17-8-4-3-5-9-17/h3-10,12,16H,11,13-15H2,1-2H3,(H,23,27). The third-order valence-corrected chi connectivity index (χ3v) is 5.08. The van der Waals surface area contributed by atoms with Crippen LogP contribution in [0.25, 0.3) is 0 Å². The van der Waals surface area contributed by atoms with E-state index in [1.165, 1.54) is 5.56 Å². The summed E-state index contributed by atoms with van der Waals surface area (Å²) in [6, 6.07) is 15.7. The molecule has 28 heavy (non-hydrogen) atoms. The van der Waals surface area contributed by atoms with Gasteiger partial charge in [0.25, 0.3) is 5.91 Å². The van der Waals surface area contributed by atoms with Gasteiger partial charge >= 0.3 is 0 Å². The first-order valence-electron chi connectivity index (χ1n) is 9.41. The number of aromatic nitrogens is 4. The second-order valence-corrected chi connectivity index (χ2v) is 7.95. The number of pyridine rings is 1. The molecule has 0 fully saturated rings. The number of aryl methyl sites for hydroxylation is 1. The zero-order valence-electron chi connectivity index (χ0n) is 16.2. The van der Waals surface area contributed by atoms with Gasteiger partial charge in [0.05, 0.1) is 6.54 Å². The molecule has 2 heterocycles. The SMILES string of the molecule is CC(C)Cn1c(CNC(=O)c2ccccn2)nnc1SCCc1ccccc1. The molecule has 0 aliphatic heterocycles. The molecule has 1 N–H and O–H groups in total. The van der Waals surface area contributed by atoms with Gasteiger partial charge in [-0.05, 0) is 30.0 Å². The number of carbonyl (C=O) groups is 1. The second kappa shape index (κ2) is 10.0. The van der Waals surface area contributed by atoms with E-state index in [-0.39, 0.29) is 5.91 Å². The predicted molar refractivity (Wildman–Crippen MR) is 111 cm³/mol. The van der Waals surface area contributed by atoms with Gasteiger partial charge in [0.2, 0.25) is 0 Å². The minimum absolute atomic E-state index is 0.210. The van der Waals surface area contributed by atoms with E-state index in [0.717, 1.165) is 29.7 Å². The van der Waals surface area contributed by atoms with Crippen molar-refractivity contribution in [1.82, 2.24) is 25.1 Å². The maximum Gasteiger partial charge on any atom is 0.270 e. The number of nitrogens with one attached hydrogen (secondary N) is 1. The summed E-state index contributed by atoms with van der Waals surface area (Å²) < 4.78 is 2.11. The molecule has 0 unspecified atom stereocenters. The van der Waals surface area contributed by atoms with Gasteiger partial charge in [-0.2, -0.15) is 0 Å². The van der Waals surface area contributed by atoms with Gasteiger partial charge < -0.3 is 9.88 Å². The largest absolute Gasteiger partial charge is 0.343 e. The average Bonchev–Trinajstić information content (AvgIpc) is 3.08. The third-order valence-electron chi connectivity index (χ3n) is 4.11. The molecular weight excluding hydrogens is 370 g/mol. The minimum atomic E-state index is -0.210. The Morgan fingerprint density at radius 3 is 2.61 bits per heavy atom. The van der Waals surface area contributed by atoms with E-state index in [1.807, 2.05) is 6.07 Å². The number of rotatable bonds is 9. The Labute approximate surface area is 169 Å². The van der Waals surface area contributed by atoms with Crippen LogP contribution in [0.5, 0.6) is 0 Å². The molecule has 1 aromatic carbocycles. The lowest BCUT2D eigenvalue weighted by Crippen LogP contribution is -2.26. The Balaban J connectivity index is 1.63. The summed E-state index contributed by atoms with van der Waals surface area (Å²) in [5, 5.41) is 12.5. The van der Waals surface area contributed by atoms with Gasteiger partial charge in [-0.15, -0.1) is 10.2 Å². The molecule has 146 valence electrons. The number of thioether (sulfide) groups is 1. The van der Waals surface area contributed by atoms with Crippen LogP contribution in [0, 0.1) is 5.92 Å². The molecular formula is C21H25N5OS. The van der Waals surface area contributed by atoms with E-state index in [2.05, 4.69) is 63.2 Å². The van der Waals surface area contributed by atoms with Crippen molar-refractivity contribution in [2.45, 2.75) is 38.5 Å². The summed E-state index contributed by atoms with van der Waals surface area (Å²) in [6.45, 7) is 5.47. The molecule has 1 amide bonds. The summed E-state index contributed by atoms with van der Waals surface area (Å²) >= 11 is 1.70. The lowest BCUT2D eigenvalue weighted by atomic mass is 10.2. The van der Waals surface area contributed by atoms with Crippen molar-refractivity contribution in [1.29, 1.82) is 0 Å². The molecule has 0 saturated heterocycles. The van der Waals surface area contributed by atoms with Crippen molar-refractivity contribution < 1.29 is 4.79 Å². The van der Waals surface area contributed by atoms with Crippen LogP contribution in [0.2, 0.25) is 0 Å². The highest BCUT2D eigenvalue weighted by atomic mass is 32.2. The summed E-state index contributed by atoms with van der Waals surface area (Å²) in [7, 11) is 0. The Bertz CT molecular complexity index is 880. The number of hydrogen-bond acceptors (Lipinski definition) is 5. The monoisotopic (exact) mass is 395 g/mol. The molecule has 0 aliphatic carbocycles. The summed E-state index contributed by atoms with van der Waals surface area (Å²) in [5.74, 6) is 1.94. The highest BCUT2D eigenvalue weighted by Gasteiger charge is 2.15. The molecule has 0 radical (unpaired) electrons. The van der Waals surface area contributed by atoms with E-state index < -0.39 is 0 Å². The van der Waals surface area contributed by atoms with Crippen LogP contribution in [-0.4, -0.2) is 31.4 Å². The fraction of sp³-hybridized carbons (Fsp3) is 0.333. The van der Waals surface area contributed by atoms with Crippen molar-refractivity contribution in [3.05, 3.63) is 71.8 Å². The van der Waals surface area contributed by atoms with Crippen LogP contribution in [-0.2, 0) is 19.5 Å². The normalized spacial score (nSPS) is 11.0. The Morgan fingerprint density at radius 2 is 1.89 bits per heavy atom. The smallest absolute Gasteiger partial charge is 0.270 e. The van der Waals surface area contributed by atoms with Gasteiger partial charge in [-0.25, -0.2) is 0 Å². The fourth-order valence-electron chi connectivity index (χ4n) is 2.76. The maximum absolute atomic E-state index is 12.3. The summed E-state index contributed by atoms with van der Waals surface area (Å²) in [5.41, 5.74) is 1.71. The molecule has 6 nitrogen and oxygen atoms in total. The van der Waals surface area contributed by atoms with E-state index in [0.29, 0.717) is 18.2 Å².